The van der Waals surface area contributed by atoms with E-state index in [2.05, 4.69) is 15.3 Å². The molecule has 0 saturated heterocycles. The van der Waals surface area contributed by atoms with E-state index in [4.69, 9.17) is 17.3 Å². The Labute approximate surface area is 111 Å². The second-order valence-electron chi connectivity index (χ2n) is 5.31. The van der Waals surface area contributed by atoms with Crippen LogP contribution in [0.2, 0.25) is 5.15 Å². The molecule has 1 saturated carbocycles. The second kappa shape index (κ2) is 4.72. The lowest BCUT2D eigenvalue weighted by atomic mass is 9.93. The van der Waals surface area contributed by atoms with Crippen molar-refractivity contribution in [3.8, 4) is 0 Å². The molecule has 98 valence electrons. The van der Waals surface area contributed by atoms with Crippen LogP contribution < -0.4 is 11.1 Å². The zero-order valence-corrected chi connectivity index (χ0v) is 11.3. The molecule has 1 aromatic heterocycles. The fraction of sp³-hybridized carbons (Fsp3) is 0.583. The van der Waals surface area contributed by atoms with Crippen LogP contribution in [-0.4, -0.2) is 22.4 Å². The first-order chi connectivity index (χ1) is 8.38. The normalized spacial score (nSPS) is 15.5. The Morgan fingerprint density at radius 1 is 1.56 bits per heavy atom. The Bertz CT molecular complexity index is 471. The highest BCUT2D eigenvalue weighted by Gasteiger charge is 2.28. The Balaban J connectivity index is 2.07. The van der Waals surface area contributed by atoms with Gasteiger partial charge in [0.05, 0.1) is 5.41 Å². The maximum atomic E-state index is 11.2. The summed E-state index contributed by atoms with van der Waals surface area (Å²) in [6, 6.07) is 1.66. The van der Waals surface area contributed by atoms with Crippen molar-refractivity contribution in [1.29, 1.82) is 0 Å². The number of carbonyl (C=O) groups is 1. The van der Waals surface area contributed by atoms with Crippen LogP contribution >= 0.6 is 11.6 Å². The highest BCUT2D eigenvalue weighted by atomic mass is 35.5. The molecule has 2 rings (SSSR count). The number of hydrogen-bond acceptors (Lipinski definition) is 4. The van der Waals surface area contributed by atoms with E-state index in [-0.39, 0.29) is 5.91 Å². The fourth-order valence-corrected chi connectivity index (χ4v) is 1.64. The minimum absolute atomic E-state index is 0.349. The summed E-state index contributed by atoms with van der Waals surface area (Å²) in [5, 5.41) is 3.52. The number of nitrogens with two attached hydrogens (primary N) is 1. The van der Waals surface area contributed by atoms with Gasteiger partial charge in [-0.3, -0.25) is 4.79 Å². The summed E-state index contributed by atoms with van der Waals surface area (Å²) in [5.74, 6) is 1.51. The van der Waals surface area contributed by atoms with E-state index in [0.717, 1.165) is 18.7 Å². The monoisotopic (exact) mass is 268 g/mol. The van der Waals surface area contributed by atoms with Crippen LogP contribution in [0.4, 0.5) is 5.82 Å². The third kappa shape index (κ3) is 3.10. The molecule has 0 aliphatic heterocycles. The number of hydrogen-bond donors (Lipinski definition) is 2. The predicted molar refractivity (Wildman–Crippen MR) is 70.5 cm³/mol. The maximum absolute atomic E-state index is 11.2. The molecule has 18 heavy (non-hydrogen) atoms. The van der Waals surface area contributed by atoms with E-state index in [9.17, 15) is 4.79 Å². The third-order valence-corrected chi connectivity index (χ3v) is 3.23. The van der Waals surface area contributed by atoms with Gasteiger partial charge in [0.2, 0.25) is 5.91 Å². The summed E-state index contributed by atoms with van der Waals surface area (Å²) < 4.78 is 0. The lowest BCUT2D eigenvalue weighted by molar-refractivity contribution is -0.125. The van der Waals surface area contributed by atoms with Gasteiger partial charge in [-0.2, -0.15) is 0 Å². The van der Waals surface area contributed by atoms with Crippen LogP contribution in [-0.2, 0) is 4.79 Å². The number of amides is 1. The Kier molecular flexibility index (Phi) is 3.43. The number of primary amides is 1. The highest BCUT2D eigenvalue weighted by Crippen LogP contribution is 2.38. The molecule has 0 unspecified atom stereocenters. The summed E-state index contributed by atoms with van der Waals surface area (Å²) in [5.41, 5.74) is 4.69. The number of aromatic nitrogens is 2. The number of nitrogens with zero attached hydrogens (tertiary/aromatic N) is 2. The van der Waals surface area contributed by atoms with E-state index in [1.54, 1.807) is 19.9 Å². The molecule has 0 spiro atoms. The molecule has 1 aromatic rings. The number of halogens is 1. The lowest BCUT2D eigenvalue weighted by Crippen LogP contribution is -2.37. The molecular weight excluding hydrogens is 252 g/mol. The molecule has 5 nitrogen and oxygen atoms in total. The van der Waals surface area contributed by atoms with E-state index in [0.29, 0.717) is 23.4 Å². The van der Waals surface area contributed by atoms with Gasteiger partial charge in [0.25, 0.3) is 0 Å². The molecule has 1 heterocycles. The van der Waals surface area contributed by atoms with Gasteiger partial charge in [0.15, 0.2) is 0 Å². The molecular formula is C12H17ClN4O. The molecule has 1 fully saturated rings. The molecule has 6 heteroatoms. The fourth-order valence-electron chi connectivity index (χ4n) is 1.45. The molecule has 0 bridgehead atoms. The SMILES string of the molecule is CC(C)(CNc1cc(Cl)nc(C2CC2)n1)C(N)=O. The van der Waals surface area contributed by atoms with Crippen molar-refractivity contribution in [1.82, 2.24) is 9.97 Å². The molecule has 1 aliphatic rings. The van der Waals surface area contributed by atoms with E-state index < -0.39 is 5.41 Å². The van der Waals surface area contributed by atoms with Crippen LogP contribution in [0.15, 0.2) is 6.07 Å². The van der Waals surface area contributed by atoms with Crippen LogP contribution in [0.25, 0.3) is 0 Å². The van der Waals surface area contributed by atoms with Crippen molar-refractivity contribution in [2.75, 3.05) is 11.9 Å². The van der Waals surface area contributed by atoms with Gasteiger partial charge in [-0.25, -0.2) is 9.97 Å². The van der Waals surface area contributed by atoms with E-state index in [1.807, 2.05) is 0 Å². The first-order valence-corrected chi connectivity index (χ1v) is 6.34. The van der Waals surface area contributed by atoms with Crippen molar-refractivity contribution in [2.24, 2.45) is 11.1 Å². The summed E-state index contributed by atoms with van der Waals surface area (Å²) in [6.45, 7) is 3.99. The van der Waals surface area contributed by atoms with Gasteiger partial charge in [-0.15, -0.1) is 0 Å². The largest absolute Gasteiger partial charge is 0.369 e. The Morgan fingerprint density at radius 2 is 2.22 bits per heavy atom. The van der Waals surface area contributed by atoms with Crippen molar-refractivity contribution in [3.05, 3.63) is 17.0 Å². The van der Waals surface area contributed by atoms with Gasteiger partial charge in [0.1, 0.15) is 16.8 Å². The molecule has 0 atom stereocenters. The molecule has 1 aliphatic carbocycles. The summed E-state index contributed by atoms with van der Waals surface area (Å²) in [6.07, 6.45) is 2.24. The van der Waals surface area contributed by atoms with Crippen LogP contribution in [0, 0.1) is 5.41 Å². The summed E-state index contributed by atoms with van der Waals surface area (Å²) in [7, 11) is 0. The number of carbonyl (C=O) groups excluding carboxylic acids is 1. The molecule has 0 aromatic carbocycles. The van der Waals surface area contributed by atoms with Gasteiger partial charge >= 0.3 is 0 Å². The molecule has 1 amide bonds. The van der Waals surface area contributed by atoms with E-state index >= 15 is 0 Å². The Morgan fingerprint density at radius 3 is 2.78 bits per heavy atom. The van der Waals surface area contributed by atoms with Gasteiger partial charge in [-0.05, 0) is 26.7 Å². The second-order valence-corrected chi connectivity index (χ2v) is 5.70. The quantitative estimate of drug-likeness (QED) is 0.800. The van der Waals surface area contributed by atoms with Crippen molar-refractivity contribution in [3.63, 3.8) is 0 Å². The minimum Gasteiger partial charge on any atom is -0.369 e. The first kappa shape index (κ1) is 13.1. The summed E-state index contributed by atoms with van der Waals surface area (Å²) >= 11 is 5.95. The number of anilines is 1. The summed E-state index contributed by atoms with van der Waals surface area (Å²) in [4.78, 5) is 19.8. The maximum Gasteiger partial charge on any atom is 0.224 e. The average molecular weight is 269 g/mol. The van der Waals surface area contributed by atoms with Crippen molar-refractivity contribution >= 4 is 23.3 Å². The van der Waals surface area contributed by atoms with E-state index in [1.165, 1.54) is 0 Å². The standard InChI is InChI=1S/C12H17ClN4O/c1-12(2,11(14)18)6-15-9-5-8(13)16-10(17-9)7-3-4-7/h5,7H,3-4,6H2,1-2H3,(H2,14,18)(H,15,16,17). The van der Waals surface area contributed by atoms with Crippen molar-refractivity contribution in [2.45, 2.75) is 32.6 Å². The third-order valence-electron chi connectivity index (χ3n) is 3.03. The zero-order valence-electron chi connectivity index (χ0n) is 10.5. The topological polar surface area (TPSA) is 80.9 Å². The lowest BCUT2D eigenvalue weighted by Gasteiger charge is -2.21. The zero-order chi connectivity index (χ0) is 13.3. The smallest absolute Gasteiger partial charge is 0.224 e. The molecule has 0 radical (unpaired) electrons. The minimum atomic E-state index is -0.628. The first-order valence-electron chi connectivity index (χ1n) is 5.97. The van der Waals surface area contributed by atoms with Crippen LogP contribution in [0.5, 0.6) is 0 Å². The predicted octanol–water partition coefficient (Wildman–Crippen LogP) is 1.93. The number of nitrogens with one attached hydrogen (secondary N) is 1. The number of rotatable bonds is 5. The molecule has 3 N–H and O–H groups in total. The average Bonchev–Trinajstić information content (AvgIpc) is 3.09. The van der Waals surface area contributed by atoms with Crippen LogP contribution in [0.1, 0.15) is 38.4 Å². The highest BCUT2D eigenvalue weighted by molar-refractivity contribution is 6.29. The van der Waals surface area contributed by atoms with Crippen LogP contribution in [0.3, 0.4) is 0 Å². The van der Waals surface area contributed by atoms with Gasteiger partial charge in [0, 0.05) is 18.5 Å². The van der Waals surface area contributed by atoms with Gasteiger partial charge in [-0.1, -0.05) is 11.6 Å². The van der Waals surface area contributed by atoms with Gasteiger partial charge < -0.3 is 11.1 Å². The van der Waals surface area contributed by atoms with Crippen molar-refractivity contribution < 1.29 is 4.79 Å². The Hall–Kier alpha value is -1.36.